The minimum atomic E-state index is -0.000292. The lowest BCUT2D eigenvalue weighted by Gasteiger charge is -2.37. The molecule has 2 saturated heterocycles. The molecule has 2 fully saturated rings. The van der Waals surface area contributed by atoms with Crippen LogP contribution in [0.15, 0.2) is 0 Å². The van der Waals surface area contributed by atoms with Gasteiger partial charge in [0.1, 0.15) is 0 Å². The summed E-state index contributed by atoms with van der Waals surface area (Å²) < 4.78 is 5.74. The summed E-state index contributed by atoms with van der Waals surface area (Å²) in [6, 6.07) is 0.0173. The summed E-state index contributed by atoms with van der Waals surface area (Å²) in [5.41, 5.74) is 0. The van der Waals surface area contributed by atoms with Gasteiger partial charge in [-0.1, -0.05) is 5.92 Å². The average molecular weight is 294 g/mol. The second-order valence-electron chi connectivity index (χ2n) is 5.88. The lowest BCUT2D eigenvalue weighted by molar-refractivity contribution is -0.0341. The van der Waals surface area contributed by atoms with Crippen molar-refractivity contribution >= 4 is 6.03 Å². The van der Waals surface area contributed by atoms with E-state index < -0.39 is 0 Å². The molecule has 0 aromatic rings. The molecule has 1 N–H and O–H groups in total. The molecule has 0 aromatic heterocycles. The lowest BCUT2D eigenvalue weighted by atomic mass is 10.1. The van der Waals surface area contributed by atoms with Gasteiger partial charge in [-0.25, -0.2) is 4.79 Å². The number of terminal acetylenes is 1. The van der Waals surface area contributed by atoms with Crippen molar-refractivity contribution < 1.29 is 9.53 Å². The van der Waals surface area contributed by atoms with E-state index in [0.29, 0.717) is 6.54 Å². The highest BCUT2D eigenvalue weighted by Crippen LogP contribution is 2.08. The van der Waals surface area contributed by atoms with Crippen molar-refractivity contribution in [3.8, 4) is 12.3 Å². The van der Waals surface area contributed by atoms with E-state index in [9.17, 15) is 4.79 Å². The summed E-state index contributed by atoms with van der Waals surface area (Å²) in [5, 5.41) is 3.06. The van der Waals surface area contributed by atoms with E-state index >= 15 is 0 Å². The van der Waals surface area contributed by atoms with Crippen molar-refractivity contribution in [2.45, 2.75) is 19.1 Å². The van der Waals surface area contributed by atoms with Gasteiger partial charge in [0.15, 0.2) is 0 Å². The van der Waals surface area contributed by atoms with Crippen molar-refractivity contribution in [3.05, 3.63) is 0 Å². The van der Waals surface area contributed by atoms with Crippen molar-refractivity contribution in [2.75, 3.05) is 59.5 Å². The fourth-order valence-corrected chi connectivity index (χ4v) is 2.73. The number of amides is 2. The summed E-state index contributed by atoms with van der Waals surface area (Å²) in [4.78, 5) is 18.6. The van der Waals surface area contributed by atoms with Crippen LogP contribution in [0, 0.1) is 12.3 Å². The van der Waals surface area contributed by atoms with Gasteiger partial charge in [0.2, 0.25) is 0 Å². The fraction of sp³-hybridized carbons (Fsp3) is 0.800. The zero-order valence-electron chi connectivity index (χ0n) is 13.0. The Balaban J connectivity index is 1.75. The normalized spacial score (nSPS) is 26.1. The third-order valence-corrected chi connectivity index (χ3v) is 4.18. The monoisotopic (exact) mass is 294 g/mol. The van der Waals surface area contributed by atoms with E-state index in [-0.39, 0.29) is 18.2 Å². The van der Waals surface area contributed by atoms with Crippen LogP contribution in [0.2, 0.25) is 0 Å². The van der Waals surface area contributed by atoms with E-state index in [0.717, 1.165) is 45.9 Å². The average Bonchev–Trinajstić information content (AvgIpc) is 2.48. The number of carbonyl (C=O) groups is 1. The molecule has 21 heavy (non-hydrogen) atoms. The smallest absolute Gasteiger partial charge is 0.317 e. The van der Waals surface area contributed by atoms with Gasteiger partial charge in [-0.05, 0) is 14.0 Å². The van der Waals surface area contributed by atoms with Crippen LogP contribution in [-0.4, -0.2) is 92.3 Å². The van der Waals surface area contributed by atoms with Crippen LogP contribution in [0.25, 0.3) is 0 Å². The highest BCUT2D eigenvalue weighted by molar-refractivity contribution is 5.74. The second kappa shape index (κ2) is 7.64. The highest BCUT2D eigenvalue weighted by Gasteiger charge is 2.27. The fourth-order valence-electron chi connectivity index (χ4n) is 2.73. The first-order valence-electron chi connectivity index (χ1n) is 7.61. The van der Waals surface area contributed by atoms with Crippen LogP contribution in [0.3, 0.4) is 0 Å². The van der Waals surface area contributed by atoms with Crippen molar-refractivity contribution in [2.24, 2.45) is 0 Å². The lowest BCUT2D eigenvalue weighted by Crippen LogP contribution is -2.57. The molecule has 2 amide bonds. The zero-order valence-corrected chi connectivity index (χ0v) is 13.0. The minimum Gasteiger partial charge on any atom is -0.373 e. The predicted octanol–water partition coefficient (Wildman–Crippen LogP) is -0.334. The third kappa shape index (κ3) is 4.60. The van der Waals surface area contributed by atoms with E-state index in [2.05, 4.69) is 28.1 Å². The summed E-state index contributed by atoms with van der Waals surface area (Å²) in [5.74, 6) is 2.65. The maximum absolute atomic E-state index is 12.3. The zero-order chi connectivity index (χ0) is 15.2. The Morgan fingerprint density at radius 1 is 1.38 bits per heavy atom. The largest absolute Gasteiger partial charge is 0.373 e. The predicted molar refractivity (Wildman–Crippen MR) is 82.1 cm³/mol. The molecule has 0 aliphatic carbocycles. The number of nitrogens with one attached hydrogen (secondary N) is 1. The molecule has 118 valence electrons. The first-order valence-corrected chi connectivity index (χ1v) is 7.61. The number of ether oxygens (including phenoxy) is 1. The van der Waals surface area contributed by atoms with E-state index in [1.807, 2.05) is 11.8 Å². The summed E-state index contributed by atoms with van der Waals surface area (Å²) in [6.07, 6.45) is 5.38. The molecular formula is C15H26N4O2. The topological polar surface area (TPSA) is 48.0 Å². The molecule has 2 rings (SSSR count). The Bertz CT molecular complexity index is 388. The van der Waals surface area contributed by atoms with Gasteiger partial charge in [0, 0.05) is 39.3 Å². The number of carbonyl (C=O) groups excluding carboxylic acids is 1. The molecule has 0 spiro atoms. The molecule has 0 aromatic carbocycles. The van der Waals surface area contributed by atoms with Crippen molar-refractivity contribution in [1.82, 2.24) is 20.0 Å². The Kier molecular flexibility index (Phi) is 5.85. The first-order chi connectivity index (χ1) is 10.1. The SMILES string of the molecule is C#CCN1CCN(C(=O)N[C@@H](C)[C@H]2CN(C)CCO2)CC1. The number of hydrogen-bond donors (Lipinski definition) is 1. The molecule has 6 nitrogen and oxygen atoms in total. The number of rotatable bonds is 3. The minimum absolute atomic E-state index is 0.000292. The molecule has 2 heterocycles. The summed E-state index contributed by atoms with van der Waals surface area (Å²) in [7, 11) is 2.08. The maximum atomic E-state index is 12.3. The number of nitrogens with zero attached hydrogens (tertiary/aromatic N) is 3. The van der Waals surface area contributed by atoms with Crippen LogP contribution < -0.4 is 5.32 Å². The first kappa shape index (κ1) is 16.1. The molecule has 0 unspecified atom stereocenters. The van der Waals surface area contributed by atoms with E-state index in [4.69, 9.17) is 11.2 Å². The van der Waals surface area contributed by atoms with E-state index in [1.54, 1.807) is 0 Å². The molecule has 0 radical (unpaired) electrons. The van der Waals surface area contributed by atoms with Gasteiger partial charge >= 0.3 is 6.03 Å². The standard InChI is InChI=1S/C15H26N4O2/c1-4-5-18-6-8-19(9-7-18)15(20)16-13(2)14-12-17(3)10-11-21-14/h1,13-14H,5-12H2,2-3H3,(H,16,20)/t13-,14+/m0/s1. The van der Waals surface area contributed by atoms with Crippen molar-refractivity contribution in [3.63, 3.8) is 0 Å². The number of piperazine rings is 1. The van der Waals surface area contributed by atoms with Crippen molar-refractivity contribution in [1.29, 1.82) is 0 Å². The van der Waals surface area contributed by atoms with E-state index in [1.165, 1.54) is 0 Å². The van der Waals surface area contributed by atoms with Crippen LogP contribution in [0.1, 0.15) is 6.92 Å². The number of likely N-dealkylation sites (N-methyl/N-ethyl adjacent to an activating group) is 1. The summed E-state index contributed by atoms with van der Waals surface area (Å²) in [6.45, 7) is 8.35. The van der Waals surface area contributed by atoms with Gasteiger partial charge in [-0.3, -0.25) is 4.90 Å². The Morgan fingerprint density at radius 2 is 2.10 bits per heavy atom. The number of morpholine rings is 1. The van der Waals surface area contributed by atoms with Gasteiger partial charge in [0.05, 0.1) is 25.3 Å². The number of hydrogen-bond acceptors (Lipinski definition) is 4. The van der Waals surface area contributed by atoms with Gasteiger partial charge in [0.25, 0.3) is 0 Å². The van der Waals surface area contributed by atoms with Crippen LogP contribution in [0.4, 0.5) is 4.79 Å². The molecule has 0 saturated carbocycles. The van der Waals surface area contributed by atoms with Crippen LogP contribution >= 0.6 is 0 Å². The quantitative estimate of drug-likeness (QED) is 0.724. The van der Waals surface area contributed by atoms with Crippen LogP contribution in [0.5, 0.6) is 0 Å². The second-order valence-corrected chi connectivity index (χ2v) is 5.88. The third-order valence-electron chi connectivity index (χ3n) is 4.18. The Labute approximate surface area is 127 Å². The Hall–Kier alpha value is -1.29. The number of urea groups is 1. The molecule has 2 atom stereocenters. The summed E-state index contributed by atoms with van der Waals surface area (Å²) >= 11 is 0. The maximum Gasteiger partial charge on any atom is 0.317 e. The van der Waals surface area contributed by atoms with Gasteiger partial charge in [-0.15, -0.1) is 6.42 Å². The Morgan fingerprint density at radius 3 is 2.71 bits per heavy atom. The van der Waals surface area contributed by atoms with Crippen LogP contribution in [-0.2, 0) is 4.74 Å². The van der Waals surface area contributed by atoms with Gasteiger partial charge in [-0.2, -0.15) is 0 Å². The molecule has 2 aliphatic heterocycles. The molecule has 2 aliphatic rings. The molecule has 0 bridgehead atoms. The highest BCUT2D eigenvalue weighted by atomic mass is 16.5. The molecule has 6 heteroatoms. The van der Waals surface area contributed by atoms with Gasteiger partial charge < -0.3 is 19.9 Å². The molecular weight excluding hydrogens is 268 g/mol.